The molecule has 0 aliphatic heterocycles. The average Bonchev–Trinajstić information content (AvgIpc) is 3.25. The van der Waals surface area contributed by atoms with Gasteiger partial charge in [0.1, 0.15) is 5.69 Å². The van der Waals surface area contributed by atoms with Crippen LogP contribution in [0.15, 0.2) is 78.2 Å². The Hall–Kier alpha value is -2.37. The van der Waals surface area contributed by atoms with Crippen LogP contribution >= 0.6 is 46.1 Å². The first-order valence-corrected chi connectivity index (χ1v) is 12.0. The Kier molecular flexibility index (Phi) is 7.48. The predicted octanol–water partition coefficient (Wildman–Crippen LogP) is 7.54. The van der Waals surface area contributed by atoms with Gasteiger partial charge in [-0.2, -0.15) is 0 Å². The van der Waals surface area contributed by atoms with Gasteiger partial charge in [0.2, 0.25) is 0 Å². The summed E-state index contributed by atoms with van der Waals surface area (Å²) < 4.78 is 0. The zero-order valence-electron chi connectivity index (χ0n) is 17.0. The van der Waals surface area contributed by atoms with E-state index in [1.807, 2.05) is 60.7 Å². The number of aromatic nitrogens is 1. The molecule has 162 valence electrons. The number of hydrogen-bond acceptors (Lipinski definition) is 3. The molecular weight excluding hydrogens is 483 g/mol. The van der Waals surface area contributed by atoms with Crippen LogP contribution in [0.5, 0.6) is 0 Å². The van der Waals surface area contributed by atoms with Crippen molar-refractivity contribution < 1.29 is 4.79 Å². The third-order valence-electron chi connectivity index (χ3n) is 4.93. The van der Waals surface area contributed by atoms with Gasteiger partial charge in [0.05, 0.1) is 5.01 Å². The molecule has 32 heavy (non-hydrogen) atoms. The molecule has 0 saturated carbocycles. The van der Waals surface area contributed by atoms with Crippen LogP contribution < -0.4 is 0 Å². The minimum atomic E-state index is -0.137. The standard InChI is InChI=1S/C25H19Cl3N2OS/c26-19-9-4-8-18(12-19)15-30(14-17-6-2-1-3-7-17)25(31)23-16-32-24(29-23)13-20-21(27)10-5-11-22(20)28/h1-12,16H,13-15H2. The van der Waals surface area contributed by atoms with Crippen LogP contribution in [0.1, 0.15) is 32.2 Å². The van der Waals surface area contributed by atoms with Crippen molar-refractivity contribution in [2.45, 2.75) is 19.5 Å². The lowest BCUT2D eigenvalue weighted by molar-refractivity contribution is 0.0724. The highest BCUT2D eigenvalue weighted by Gasteiger charge is 2.20. The number of amides is 1. The number of rotatable bonds is 7. The predicted molar refractivity (Wildman–Crippen MR) is 133 cm³/mol. The van der Waals surface area contributed by atoms with Gasteiger partial charge in [-0.05, 0) is 41.0 Å². The van der Waals surface area contributed by atoms with Crippen molar-refractivity contribution in [1.29, 1.82) is 0 Å². The molecule has 0 saturated heterocycles. The van der Waals surface area contributed by atoms with Gasteiger partial charge in [-0.1, -0.05) is 83.3 Å². The Morgan fingerprint density at radius 3 is 2.22 bits per heavy atom. The molecular formula is C25H19Cl3N2OS. The minimum Gasteiger partial charge on any atom is -0.329 e. The third kappa shape index (κ3) is 5.70. The summed E-state index contributed by atoms with van der Waals surface area (Å²) in [6, 6.07) is 22.8. The number of carbonyl (C=O) groups excluding carboxylic acids is 1. The number of nitrogens with zero attached hydrogens (tertiary/aromatic N) is 2. The molecule has 0 atom stereocenters. The van der Waals surface area contributed by atoms with Crippen molar-refractivity contribution >= 4 is 52.0 Å². The average molecular weight is 502 g/mol. The first-order valence-electron chi connectivity index (χ1n) is 9.94. The van der Waals surface area contributed by atoms with Crippen LogP contribution in [0.2, 0.25) is 15.1 Å². The van der Waals surface area contributed by atoms with E-state index in [4.69, 9.17) is 34.8 Å². The van der Waals surface area contributed by atoms with Crippen molar-refractivity contribution in [2.75, 3.05) is 0 Å². The largest absolute Gasteiger partial charge is 0.329 e. The molecule has 0 unspecified atom stereocenters. The van der Waals surface area contributed by atoms with Crippen molar-refractivity contribution in [1.82, 2.24) is 9.88 Å². The van der Waals surface area contributed by atoms with Crippen molar-refractivity contribution in [2.24, 2.45) is 0 Å². The summed E-state index contributed by atoms with van der Waals surface area (Å²) in [5.74, 6) is -0.137. The van der Waals surface area contributed by atoms with Crippen molar-refractivity contribution in [3.05, 3.63) is 121 Å². The van der Waals surface area contributed by atoms with Gasteiger partial charge in [-0.3, -0.25) is 4.79 Å². The zero-order valence-corrected chi connectivity index (χ0v) is 20.1. The van der Waals surface area contributed by atoms with Crippen LogP contribution in [0.4, 0.5) is 0 Å². The van der Waals surface area contributed by atoms with Crippen LogP contribution in [-0.2, 0) is 19.5 Å². The quantitative estimate of drug-likeness (QED) is 0.262. The molecule has 0 bridgehead atoms. The molecule has 0 N–H and O–H groups in total. The lowest BCUT2D eigenvalue weighted by Crippen LogP contribution is -2.30. The van der Waals surface area contributed by atoms with Crippen LogP contribution in [-0.4, -0.2) is 15.8 Å². The molecule has 3 aromatic carbocycles. The second kappa shape index (κ2) is 10.5. The first kappa shape index (κ1) is 22.8. The van der Waals surface area contributed by atoms with E-state index in [0.717, 1.165) is 21.7 Å². The Labute approximate surface area is 206 Å². The molecule has 0 fully saturated rings. The highest BCUT2D eigenvalue weighted by atomic mass is 35.5. The monoisotopic (exact) mass is 500 g/mol. The fraction of sp³-hybridized carbons (Fsp3) is 0.120. The molecule has 0 aliphatic rings. The van der Waals surface area contributed by atoms with E-state index in [1.54, 1.807) is 22.4 Å². The van der Waals surface area contributed by atoms with E-state index in [2.05, 4.69) is 4.98 Å². The van der Waals surface area contributed by atoms with Gasteiger partial charge in [-0.15, -0.1) is 11.3 Å². The minimum absolute atomic E-state index is 0.137. The Balaban J connectivity index is 1.57. The van der Waals surface area contributed by atoms with Crippen LogP contribution in [0.25, 0.3) is 0 Å². The molecule has 0 radical (unpaired) electrons. The summed E-state index contributed by atoms with van der Waals surface area (Å²) in [6.07, 6.45) is 0.476. The van der Waals surface area contributed by atoms with Gasteiger partial charge in [0, 0.05) is 40.0 Å². The highest BCUT2D eigenvalue weighted by molar-refractivity contribution is 7.09. The molecule has 0 aliphatic carbocycles. The van der Waals surface area contributed by atoms with E-state index >= 15 is 0 Å². The maximum Gasteiger partial charge on any atom is 0.273 e. The van der Waals surface area contributed by atoms with Crippen molar-refractivity contribution in [3.63, 3.8) is 0 Å². The molecule has 4 aromatic rings. The van der Waals surface area contributed by atoms with Crippen LogP contribution in [0.3, 0.4) is 0 Å². The summed E-state index contributed by atoms with van der Waals surface area (Å²) in [7, 11) is 0. The van der Waals surface area contributed by atoms with E-state index in [0.29, 0.717) is 40.3 Å². The second-order valence-corrected chi connectivity index (χ2v) is 9.47. The zero-order chi connectivity index (χ0) is 22.5. The molecule has 1 heterocycles. The SMILES string of the molecule is O=C(c1csc(Cc2c(Cl)cccc2Cl)n1)N(Cc1ccccc1)Cc1cccc(Cl)c1. The van der Waals surface area contributed by atoms with Crippen LogP contribution in [0, 0.1) is 0 Å². The van der Waals surface area contributed by atoms with E-state index < -0.39 is 0 Å². The summed E-state index contributed by atoms with van der Waals surface area (Å²) in [5, 5.41) is 4.39. The highest BCUT2D eigenvalue weighted by Crippen LogP contribution is 2.28. The van der Waals surface area contributed by atoms with Crippen molar-refractivity contribution in [3.8, 4) is 0 Å². The van der Waals surface area contributed by atoms with Gasteiger partial charge < -0.3 is 4.90 Å². The molecule has 1 amide bonds. The number of halogens is 3. The molecule has 1 aromatic heterocycles. The normalized spacial score (nSPS) is 10.8. The van der Waals surface area contributed by atoms with E-state index in [9.17, 15) is 4.79 Å². The van der Waals surface area contributed by atoms with Gasteiger partial charge in [0.15, 0.2) is 0 Å². The number of benzene rings is 3. The fourth-order valence-electron chi connectivity index (χ4n) is 3.36. The number of thiazole rings is 1. The lowest BCUT2D eigenvalue weighted by atomic mass is 10.1. The smallest absolute Gasteiger partial charge is 0.273 e. The molecule has 7 heteroatoms. The molecule has 3 nitrogen and oxygen atoms in total. The summed E-state index contributed by atoms with van der Waals surface area (Å²) in [4.78, 5) is 19.8. The maximum atomic E-state index is 13.4. The summed E-state index contributed by atoms with van der Waals surface area (Å²) in [5.41, 5.74) is 3.22. The van der Waals surface area contributed by atoms with Gasteiger partial charge in [-0.25, -0.2) is 4.98 Å². The lowest BCUT2D eigenvalue weighted by Gasteiger charge is -2.22. The van der Waals surface area contributed by atoms with E-state index in [-0.39, 0.29) is 5.91 Å². The molecule has 0 spiro atoms. The van der Waals surface area contributed by atoms with Gasteiger partial charge >= 0.3 is 0 Å². The number of hydrogen-bond donors (Lipinski definition) is 0. The first-order chi connectivity index (χ1) is 15.5. The second-order valence-electron chi connectivity index (χ2n) is 7.28. The summed E-state index contributed by atoms with van der Waals surface area (Å²) in [6.45, 7) is 0.896. The molecule has 4 rings (SSSR count). The summed E-state index contributed by atoms with van der Waals surface area (Å²) >= 11 is 20.2. The fourth-order valence-corrected chi connectivity index (χ4v) is 4.89. The van der Waals surface area contributed by atoms with E-state index in [1.165, 1.54) is 11.3 Å². The number of carbonyl (C=O) groups is 1. The van der Waals surface area contributed by atoms with Gasteiger partial charge in [0.25, 0.3) is 5.91 Å². The third-order valence-corrected chi connectivity index (χ3v) is 6.72. The Morgan fingerprint density at radius 2 is 1.50 bits per heavy atom. The Bertz CT molecular complexity index is 1210. The maximum absolute atomic E-state index is 13.4. The topological polar surface area (TPSA) is 33.2 Å². The Morgan fingerprint density at radius 1 is 0.844 bits per heavy atom.